The number of amides is 1. The molecular formula is C19H27N3O2S. The number of rotatable bonds is 8. The van der Waals surface area contributed by atoms with Crippen LogP contribution >= 0.6 is 11.8 Å². The van der Waals surface area contributed by atoms with Gasteiger partial charge in [0, 0.05) is 31.9 Å². The maximum Gasteiger partial charge on any atom is 0.230 e. The minimum absolute atomic E-state index is 0.0855. The SMILES string of the molecule is C[C@H]1CN(CCCNC(=O)CSCc2ccc(C#N)cc2)C[C@H](C)O1. The lowest BCUT2D eigenvalue weighted by Gasteiger charge is -2.35. The van der Waals surface area contributed by atoms with E-state index in [0.29, 0.717) is 11.3 Å². The Kier molecular flexibility index (Phi) is 8.26. The zero-order valence-corrected chi connectivity index (χ0v) is 15.8. The summed E-state index contributed by atoms with van der Waals surface area (Å²) in [6.45, 7) is 7.87. The highest BCUT2D eigenvalue weighted by Crippen LogP contribution is 2.13. The molecule has 0 spiro atoms. The summed E-state index contributed by atoms with van der Waals surface area (Å²) in [5.74, 6) is 1.33. The van der Waals surface area contributed by atoms with Crippen molar-refractivity contribution in [3.63, 3.8) is 0 Å². The molecule has 0 aliphatic carbocycles. The van der Waals surface area contributed by atoms with E-state index in [-0.39, 0.29) is 18.1 Å². The summed E-state index contributed by atoms with van der Waals surface area (Å²) in [6, 6.07) is 9.60. The van der Waals surface area contributed by atoms with Crippen LogP contribution in [0.3, 0.4) is 0 Å². The Morgan fingerprint density at radius 1 is 1.32 bits per heavy atom. The van der Waals surface area contributed by atoms with Crippen LogP contribution in [-0.4, -0.2) is 54.9 Å². The second-order valence-electron chi connectivity index (χ2n) is 6.52. The summed E-state index contributed by atoms with van der Waals surface area (Å²) in [5, 5.41) is 11.8. The molecule has 1 N–H and O–H groups in total. The number of carbonyl (C=O) groups is 1. The smallest absolute Gasteiger partial charge is 0.230 e. The Labute approximate surface area is 154 Å². The molecule has 136 valence electrons. The van der Waals surface area contributed by atoms with Gasteiger partial charge in [0.05, 0.1) is 29.6 Å². The molecule has 0 radical (unpaired) electrons. The second-order valence-corrected chi connectivity index (χ2v) is 7.51. The van der Waals surface area contributed by atoms with Crippen molar-refractivity contribution in [1.29, 1.82) is 5.26 Å². The number of ether oxygens (including phenoxy) is 1. The number of hydrogen-bond donors (Lipinski definition) is 1. The second kappa shape index (κ2) is 10.4. The van der Waals surface area contributed by atoms with E-state index in [2.05, 4.69) is 30.1 Å². The van der Waals surface area contributed by atoms with Gasteiger partial charge in [-0.15, -0.1) is 11.8 Å². The number of thioether (sulfide) groups is 1. The van der Waals surface area contributed by atoms with E-state index in [0.717, 1.165) is 43.9 Å². The number of nitrogens with zero attached hydrogens (tertiary/aromatic N) is 2. The molecule has 25 heavy (non-hydrogen) atoms. The van der Waals surface area contributed by atoms with Crippen molar-refractivity contribution in [3.05, 3.63) is 35.4 Å². The molecule has 1 heterocycles. The van der Waals surface area contributed by atoms with Crippen LogP contribution in [0.25, 0.3) is 0 Å². The molecule has 2 rings (SSSR count). The highest BCUT2D eigenvalue weighted by atomic mass is 32.2. The quantitative estimate of drug-likeness (QED) is 0.720. The van der Waals surface area contributed by atoms with Crippen LogP contribution in [0.5, 0.6) is 0 Å². The third-order valence-corrected chi connectivity index (χ3v) is 5.06. The van der Waals surface area contributed by atoms with Crippen molar-refractivity contribution in [3.8, 4) is 6.07 Å². The van der Waals surface area contributed by atoms with Crippen LogP contribution in [0.15, 0.2) is 24.3 Å². The van der Waals surface area contributed by atoms with Crippen LogP contribution in [0.1, 0.15) is 31.4 Å². The first-order valence-corrected chi connectivity index (χ1v) is 9.93. The summed E-state index contributed by atoms with van der Waals surface area (Å²) in [4.78, 5) is 14.3. The van der Waals surface area contributed by atoms with Crippen molar-refractivity contribution in [2.45, 2.75) is 38.2 Å². The average molecular weight is 362 g/mol. The van der Waals surface area contributed by atoms with Crippen LogP contribution in [0.2, 0.25) is 0 Å². The maximum absolute atomic E-state index is 11.9. The van der Waals surface area contributed by atoms with E-state index in [1.54, 1.807) is 11.8 Å². The molecule has 6 heteroatoms. The van der Waals surface area contributed by atoms with Gasteiger partial charge < -0.3 is 10.1 Å². The zero-order valence-electron chi connectivity index (χ0n) is 15.0. The van der Waals surface area contributed by atoms with Crippen molar-refractivity contribution in [2.24, 2.45) is 0 Å². The van der Waals surface area contributed by atoms with Gasteiger partial charge in [0.2, 0.25) is 5.91 Å². The van der Waals surface area contributed by atoms with Crippen molar-refractivity contribution < 1.29 is 9.53 Å². The lowest BCUT2D eigenvalue weighted by Crippen LogP contribution is -2.46. The minimum atomic E-state index is 0.0855. The van der Waals surface area contributed by atoms with Crippen molar-refractivity contribution >= 4 is 17.7 Å². The fraction of sp³-hybridized carbons (Fsp3) is 0.579. The number of morpholine rings is 1. The number of nitrogens with one attached hydrogen (secondary N) is 1. The molecule has 1 saturated heterocycles. The Hall–Kier alpha value is -1.55. The first-order chi connectivity index (χ1) is 12.1. The number of nitriles is 1. The predicted octanol–water partition coefficient (Wildman–Crippen LogP) is 2.41. The molecule has 2 atom stereocenters. The maximum atomic E-state index is 11.9. The summed E-state index contributed by atoms with van der Waals surface area (Å²) < 4.78 is 5.72. The summed E-state index contributed by atoms with van der Waals surface area (Å²) in [7, 11) is 0. The molecule has 0 unspecified atom stereocenters. The largest absolute Gasteiger partial charge is 0.373 e. The molecule has 0 saturated carbocycles. The Bertz CT molecular complexity index is 575. The molecule has 1 aromatic carbocycles. The zero-order chi connectivity index (χ0) is 18.1. The van der Waals surface area contributed by atoms with E-state index in [1.165, 1.54) is 0 Å². The van der Waals surface area contributed by atoms with E-state index < -0.39 is 0 Å². The van der Waals surface area contributed by atoms with E-state index in [1.807, 2.05) is 24.3 Å². The van der Waals surface area contributed by atoms with Crippen molar-refractivity contribution in [2.75, 3.05) is 31.9 Å². The normalized spacial score (nSPS) is 20.8. The first-order valence-electron chi connectivity index (χ1n) is 8.78. The van der Waals surface area contributed by atoms with Crippen molar-refractivity contribution in [1.82, 2.24) is 10.2 Å². The first kappa shape index (κ1) is 19.8. The highest BCUT2D eigenvalue weighted by Gasteiger charge is 2.21. The molecule has 1 amide bonds. The Balaban J connectivity index is 1.54. The third-order valence-electron chi connectivity index (χ3n) is 4.05. The van der Waals surface area contributed by atoms with Crippen LogP contribution < -0.4 is 5.32 Å². The van der Waals surface area contributed by atoms with Gasteiger partial charge in [-0.2, -0.15) is 5.26 Å². The van der Waals surface area contributed by atoms with E-state index in [9.17, 15) is 4.79 Å². The Morgan fingerprint density at radius 2 is 2.00 bits per heavy atom. The Morgan fingerprint density at radius 3 is 2.64 bits per heavy atom. The molecule has 0 bridgehead atoms. The van der Waals surface area contributed by atoms with Crippen LogP contribution in [0.4, 0.5) is 0 Å². The lowest BCUT2D eigenvalue weighted by atomic mass is 10.2. The van der Waals surface area contributed by atoms with Gasteiger partial charge in [-0.1, -0.05) is 12.1 Å². The van der Waals surface area contributed by atoms with Crippen LogP contribution in [0, 0.1) is 11.3 Å². The summed E-state index contributed by atoms with van der Waals surface area (Å²) in [5.41, 5.74) is 1.79. The van der Waals surface area contributed by atoms with Gasteiger partial charge in [0.15, 0.2) is 0 Å². The number of hydrogen-bond acceptors (Lipinski definition) is 5. The summed E-state index contributed by atoms with van der Waals surface area (Å²) >= 11 is 1.59. The van der Waals surface area contributed by atoms with Gasteiger partial charge in [-0.25, -0.2) is 0 Å². The van der Waals surface area contributed by atoms with E-state index in [4.69, 9.17) is 10.00 Å². The molecule has 1 aliphatic heterocycles. The molecule has 0 aromatic heterocycles. The van der Waals surface area contributed by atoms with E-state index >= 15 is 0 Å². The predicted molar refractivity (Wildman–Crippen MR) is 101 cm³/mol. The van der Waals surface area contributed by atoms with Gasteiger partial charge in [0.1, 0.15) is 0 Å². The molecule has 1 fully saturated rings. The molecule has 1 aliphatic rings. The fourth-order valence-electron chi connectivity index (χ4n) is 2.99. The van der Waals surface area contributed by atoms with Crippen LogP contribution in [-0.2, 0) is 15.3 Å². The fourth-order valence-corrected chi connectivity index (χ4v) is 3.80. The monoisotopic (exact) mass is 361 g/mol. The van der Waals surface area contributed by atoms with Gasteiger partial charge in [0.25, 0.3) is 0 Å². The topological polar surface area (TPSA) is 65.4 Å². The van der Waals surface area contributed by atoms with Gasteiger partial charge >= 0.3 is 0 Å². The number of benzene rings is 1. The van der Waals surface area contributed by atoms with Gasteiger partial charge in [-0.05, 0) is 38.0 Å². The average Bonchev–Trinajstić information content (AvgIpc) is 2.58. The minimum Gasteiger partial charge on any atom is -0.373 e. The lowest BCUT2D eigenvalue weighted by molar-refractivity contribution is -0.118. The molecular weight excluding hydrogens is 334 g/mol. The summed E-state index contributed by atoms with van der Waals surface area (Å²) in [6.07, 6.45) is 1.54. The standard InChI is InChI=1S/C19H27N3O2S/c1-15-11-22(12-16(2)24-15)9-3-8-21-19(23)14-25-13-18-6-4-17(10-20)5-7-18/h4-7,15-16H,3,8-9,11-14H2,1-2H3,(H,21,23)/t15-,16-/m0/s1. The van der Waals surface area contributed by atoms with Gasteiger partial charge in [-0.3, -0.25) is 9.69 Å². The number of carbonyl (C=O) groups excluding carboxylic acids is 1. The molecule has 5 nitrogen and oxygen atoms in total. The highest BCUT2D eigenvalue weighted by molar-refractivity contribution is 7.99. The molecule has 1 aromatic rings. The third kappa shape index (κ3) is 7.47.